The SMILES string of the molecule is COc1ccc(-n2c(SCC(=O)N/N=C\c3cc(Br)ccc3OC)nnc2-c2ccc(C(C)(C)C)cc2)cc1. The topological polar surface area (TPSA) is 90.6 Å². The van der Waals surface area contributed by atoms with Gasteiger partial charge < -0.3 is 9.47 Å². The van der Waals surface area contributed by atoms with Crippen LogP contribution in [-0.4, -0.2) is 46.9 Å². The number of carbonyl (C=O) groups is 1. The van der Waals surface area contributed by atoms with Gasteiger partial charge in [0, 0.05) is 21.3 Å². The summed E-state index contributed by atoms with van der Waals surface area (Å²) in [5, 5.41) is 13.6. The largest absolute Gasteiger partial charge is 0.497 e. The van der Waals surface area contributed by atoms with Crippen molar-refractivity contribution in [1.29, 1.82) is 0 Å². The number of halogens is 1. The van der Waals surface area contributed by atoms with E-state index in [0.29, 0.717) is 16.7 Å². The smallest absolute Gasteiger partial charge is 0.250 e. The zero-order valence-corrected chi connectivity index (χ0v) is 24.8. The summed E-state index contributed by atoms with van der Waals surface area (Å²) in [6.07, 6.45) is 1.55. The highest BCUT2D eigenvalue weighted by atomic mass is 79.9. The molecule has 4 rings (SSSR count). The van der Waals surface area contributed by atoms with Crippen LogP contribution < -0.4 is 14.9 Å². The molecule has 1 heterocycles. The van der Waals surface area contributed by atoms with Gasteiger partial charge in [0.1, 0.15) is 11.5 Å². The minimum atomic E-state index is -0.273. The van der Waals surface area contributed by atoms with E-state index in [-0.39, 0.29) is 17.1 Å². The van der Waals surface area contributed by atoms with E-state index in [2.05, 4.69) is 81.7 Å². The number of carbonyl (C=O) groups excluding carboxylic acids is 1. The van der Waals surface area contributed by atoms with Crippen LogP contribution in [0.1, 0.15) is 31.9 Å². The molecular weight excluding hydrogens is 578 g/mol. The number of hydrogen-bond acceptors (Lipinski definition) is 7. The first-order valence-electron chi connectivity index (χ1n) is 12.2. The Morgan fingerprint density at radius 1 is 1.03 bits per heavy atom. The van der Waals surface area contributed by atoms with Crippen molar-refractivity contribution in [2.45, 2.75) is 31.3 Å². The van der Waals surface area contributed by atoms with Gasteiger partial charge >= 0.3 is 0 Å². The number of ether oxygens (including phenoxy) is 2. The highest BCUT2D eigenvalue weighted by Gasteiger charge is 2.19. The van der Waals surface area contributed by atoms with Gasteiger partial charge in [0.2, 0.25) is 0 Å². The van der Waals surface area contributed by atoms with Gasteiger partial charge in [-0.05, 0) is 53.4 Å². The fourth-order valence-corrected chi connectivity index (χ4v) is 4.90. The van der Waals surface area contributed by atoms with Crippen molar-refractivity contribution in [1.82, 2.24) is 20.2 Å². The first-order valence-corrected chi connectivity index (χ1v) is 14.0. The van der Waals surface area contributed by atoms with Gasteiger partial charge in [0.15, 0.2) is 11.0 Å². The van der Waals surface area contributed by atoms with Gasteiger partial charge in [0.25, 0.3) is 5.91 Å². The molecule has 39 heavy (non-hydrogen) atoms. The summed E-state index contributed by atoms with van der Waals surface area (Å²) in [5.74, 6) is 1.91. The molecule has 1 aromatic heterocycles. The molecule has 4 aromatic rings. The molecular formula is C29H30BrN5O3S. The number of rotatable bonds is 9. The van der Waals surface area contributed by atoms with Crippen LogP contribution in [0.25, 0.3) is 17.1 Å². The Hall–Kier alpha value is -3.63. The summed E-state index contributed by atoms with van der Waals surface area (Å²) in [6.45, 7) is 6.54. The number of thioether (sulfide) groups is 1. The Labute approximate surface area is 241 Å². The zero-order chi connectivity index (χ0) is 28.0. The van der Waals surface area contributed by atoms with Crippen LogP contribution in [0.3, 0.4) is 0 Å². The number of amides is 1. The Kier molecular flexibility index (Phi) is 9.08. The molecule has 202 valence electrons. The summed E-state index contributed by atoms with van der Waals surface area (Å²) >= 11 is 4.71. The molecule has 0 saturated heterocycles. The van der Waals surface area contributed by atoms with Gasteiger partial charge in [-0.15, -0.1) is 10.2 Å². The molecule has 1 N–H and O–H groups in total. The molecule has 0 fully saturated rings. The molecule has 0 aliphatic carbocycles. The third kappa shape index (κ3) is 7.07. The second-order valence-corrected chi connectivity index (χ2v) is 11.5. The summed E-state index contributed by atoms with van der Waals surface area (Å²) < 4.78 is 13.5. The molecule has 3 aromatic carbocycles. The molecule has 0 atom stereocenters. The van der Waals surface area contributed by atoms with Gasteiger partial charge in [0.05, 0.1) is 26.2 Å². The maximum absolute atomic E-state index is 12.6. The number of methoxy groups -OCH3 is 2. The number of nitrogens with zero attached hydrogens (tertiary/aromatic N) is 4. The summed E-state index contributed by atoms with van der Waals surface area (Å²) in [5.41, 5.74) is 6.37. The first kappa shape index (κ1) is 28.4. The Bertz CT molecular complexity index is 1460. The Morgan fingerprint density at radius 3 is 2.38 bits per heavy atom. The van der Waals surface area contributed by atoms with Crippen molar-refractivity contribution in [2.24, 2.45) is 5.10 Å². The highest BCUT2D eigenvalue weighted by molar-refractivity contribution is 9.10. The third-order valence-electron chi connectivity index (χ3n) is 5.89. The molecule has 0 unspecified atom stereocenters. The van der Waals surface area contributed by atoms with Crippen LogP contribution >= 0.6 is 27.7 Å². The minimum Gasteiger partial charge on any atom is -0.497 e. The van der Waals surface area contributed by atoms with Crippen LogP contribution in [0, 0.1) is 0 Å². The molecule has 10 heteroatoms. The number of hydrazone groups is 1. The highest BCUT2D eigenvalue weighted by Crippen LogP contribution is 2.31. The van der Waals surface area contributed by atoms with E-state index < -0.39 is 0 Å². The standard InChI is InChI=1S/C29H30BrN5O3S/c1-29(2,3)21-8-6-19(7-9-21)27-33-34-28(35(27)23-11-13-24(37-4)14-12-23)39-18-26(36)32-31-17-20-16-22(30)10-15-25(20)38-5/h6-17H,18H2,1-5H3,(H,32,36)/b31-17-. The van der Waals surface area contributed by atoms with Crippen LogP contribution in [0.5, 0.6) is 11.5 Å². The average Bonchev–Trinajstić information content (AvgIpc) is 3.35. The van der Waals surface area contributed by atoms with E-state index >= 15 is 0 Å². The van der Waals surface area contributed by atoms with E-state index in [1.165, 1.54) is 17.3 Å². The van der Waals surface area contributed by atoms with E-state index in [0.717, 1.165) is 27.0 Å². The van der Waals surface area contributed by atoms with Crippen LogP contribution in [0.4, 0.5) is 0 Å². The molecule has 0 aliphatic heterocycles. The summed E-state index contributed by atoms with van der Waals surface area (Å²) in [7, 11) is 3.22. The van der Waals surface area contributed by atoms with Gasteiger partial charge in [-0.25, -0.2) is 5.43 Å². The molecule has 0 radical (unpaired) electrons. The average molecular weight is 609 g/mol. The Morgan fingerprint density at radius 2 is 1.74 bits per heavy atom. The molecule has 0 saturated carbocycles. The van der Waals surface area contributed by atoms with Crippen molar-refractivity contribution in [2.75, 3.05) is 20.0 Å². The fourth-order valence-electron chi connectivity index (χ4n) is 3.78. The monoisotopic (exact) mass is 607 g/mol. The maximum atomic E-state index is 12.6. The van der Waals surface area contributed by atoms with Gasteiger partial charge in [-0.1, -0.05) is 72.7 Å². The van der Waals surface area contributed by atoms with E-state index in [4.69, 9.17) is 9.47 Å². The van der Waals surface area contributed by atoms with Crippen molar-refractivity contribution < 1.29 is 14.3 Å². The van der Waals surface area contributed by atoms with Crippen LogP contribution in [0.15, 0.2) is 81.5 Å². The zero-order valence-electron chi connectivity index (χ0n) is 22.4. The van der Waals surface area contributed by atoms with Crippen LogP contribution in [-0.2, 0) is 10.2 Å². The minimum absolute atomic E-state index is 0.0428. The van der Waals surface area contributed by atoms with Gasteiger partial charge in [-0.3, -0.25) is 9.36 Å². The second-order valence-electron chi connectivity index (χ2n) is 9.64. The summed E-state index contributed by atoms with van der Waals surface area (Å²) in [6, 6.07) is 21.5. The number of benzene rings is 3. The molecule has 0 aliphatic rings. The maximum Gasteiger partial charge on any atom is 0.250 e. The van der Waals surface area contributed by atoms with Crippen molar-refractivity contribution in [3.8, 4) is 28.6 Å². The number of hydrogen-bond donors (Lipinski definition) is 1. The van der Waals surface area contributed by atoms with Crippen molar-refractivity contribution in [3.63, 3.8) is 0 Å². The fraction of sp³-hybridized carbons (Fsp3) is 0.241. The van der Waals surface area contributed by atoms with Crippen molar-refractivity contribution >= 4 is 39.8 Å². The summed E-state index contributed by atoms with van der Waals surface area (Å²) in [4.78, 5) is 12.6. The normalized spacial score (nSPS) is 11.5. The lowest BCUT2D eigenvalue weighted by Gasteiger charge is -2.19. The quantitative estimate of drug-likeness (QED) is 0.137. The lowest BCUT2D eigenvalue weighted by Crippen LogP contribution is -2.20. The van der Waals surface area contributed by atoms with Crippen LogP contribution in [0.2, 0.25) is 0 Å². The molecule has 1 amide bonds. The molecule has 0 bridgehead atoms. The van der Waals surface area contributed by atoms with Gasteiger partial charge in [-0.2, -0.15) is 5.10 Å². The van der Waals surface area contributed by atoms with E-state index in [1.807, 2.05) is 47.0 Å². The number of nitrogens with one attached hydrogen (secondary N) is 1. The van der Waals surface area contributed by atoms with E-state index in [9.17, 15) is 4.79 Å². The first-order chi connectivity index (χ1) is 18.7. The lowest BCUT2D eigenvalue weighted by atomic mass is 9.87. The Balaban J connectivity index is 1.55. The lowest BCUT2D eigenvalue weighted by molar-refractivity contribution is -0.118. The van der Waals surface area contributed by atoms with E-state index in [1.54, 1.807) is 20.4 Å². The third-order valence-corrected chi connectivity index (χ3v) is 7.31. The molecule has 8 nitrogen and oxygen atoms in total. The predicted molar refractivity (Wildman–Crippen MR) is 159 cm³/mol. The second kappa shape index (κ2) is 12.5. The van der Waals surface area contributed by atoms with Crippen molar-refractivity contribution in [3.05, 3.63) is 82.3 Å². The molecule has 0 spiro atoms. The number of aromatic nitrogens is 3. The predicted octanol–water partition coefficient (Wildman–Crippen LogP) is 6.25.